The van der Waals surface area contributed by atoms with Gasteiger partial charge in [-0.05, 0) is 44.9 Å². The Labute approximate surface area is 172 Å². The number of piperidine rings is 2. The molecule has 28 heavy (non-hydrogen) atoms. The molecule has 7 nitrogen and oxygen atoms in total. The maximum absolute atomic E-state index is 12.9. The van der Waals surface area contributed by atoms with Crippen molar-refractivity contribution in [3.8, 4) is 0 Å². The smallest absolute Gasteiger partial charge is 0.285 e. The third-order valence-electron chi connectivity index (χ3n) is 5.90. The van der Waals surface area contributed by atoms with Crippen LogP contribution in [0.3, 0.4) is 0 Å². The maximum atomic E-state index is 12.9. The molecule has 2 fully saturated rings. The van der Waals surface area contributed by atoms with E-state index in [2.05, 4.69) is 9.71 Å². The summed E-state index contributed by atoms with van der Waals surface area (Å²) in [6.07, 6.45) is 3.63. The van der Waals surface area contributed by atoms with Gasteiger partial charge < -0.3 is 15.1 Å². The number of amides is 1. The van der Waals surface area contributed by atoms with Crippen LogP contribution >= 0.6 is 12.4 Å². The van der Waals surface area contributed by atoms with E-state index in [0.717, 1.165) is 38.8 Å². The van der Waals surface area contributed by atoms with Crippen molar-refractivity contribution in [3.05, 3.63) is 29.8 Å². The number of hydrogen-bond acceptors (Lipinski definition) is 5. The van der Waals surface area contributed by atoms with Crippen LogP contribution in [-0.4, -0.2) is 69.2 Å². The number of rotatable bonds is 2. The predicted octanol–water partition coefficient (Wildman–Crippen LogP) is 1.48. The van der Waals surface area contributed by atoms with Gasteiger partial charge in [-0.25, -0.2) is 0 Å². The molecule has 0 radical (unpaired) electrons. The van der Waals surface area contributed by atoms with Crippen molar-refractivity contribution in [2.75, 3.05) is 33.2 Å². The molecule has 0 saturated carbocycles. The molecule has 4 rings (SSSR count). The highest BCUT2D eigenvalue weighted by atomic mass is 35.5. The second-order valence-corrected chi connectivity index (χ2v) is 9.13. The van der Waals surface area contributed by atoms with Gasteiger partial charge in [-0.15, -0.1) is 16.8 Å². The van der Waals surface area contributed by atoms with E-state index in [1.54, 1.807) is 12.1 Å². The summed E-state index contributed by atoms with van der Waals surface area (Å²) in [6, 6.07) is 7.35. The van der Waals surface area contributed by atoms with Gasteiger partial charge in [0.2, 0.25) is 5.91 Å². The lowest BCUT2D eigenvalue weighted by Crippen LogP contribution is -2.50. The normalized spacial score (nSPS) is 24.3. The van der Waals surface area contributed by atoms with E-state index in [4.69, 9.17) is 0 Å². The Morgan fingerprint density at radius 3 is 2.57 bits per heavy atom. The van der Waals surface area contributed by atoms with Gasteiger partial charge in [0.05, 0.1) is 0 Å². The number of carbonyl (C=O) groups excluding carboxylic acids is 1. The van der Waals surface area contributed by atoms with Gasteiger partial charge in [0.1, 0.15) is 4.90 Å². The van der Waals surface area contributed by atoms with E-state index in [-0.39, 0.29) is 29.1 Å². The van der Waals surface area contributed by atoms with Crippen molar-refractivity contribution in [2.24, 2.45) is 10.3 Å². The standard InChI is InChI=1S/C19H26N4O3S.ClH/c1-20-15-5-4-10-23(13-15)19(24)14-8-11-22(12-9-14)18-16-6-2-3-7-17(16)27(25,26)21-18;/h2-3,6-7,14-15,20H,4-5,8-13H2,1H3;1H. The Morgan fingerprint density at radius 1 is 1.14 bits per heavy atom. The van der Waals surface area contributed by atoms with Crippen LogP contribution in [0.15, 0.2) is 33.6 Å². The van der Waals surface area contributed by atoms with E-state index in [0.29, 0.717) is 30.5 Å². The molecule has 3 aliphatic rings. The quantitative estimate of drug-likeness (QED) is 0.774. The van der Waals surface area contributed by atoms with Gasteiger partial charge in [-0.2, -0.15) is 8.42 Å². The summed E-state index contributed by atoms with van der Waals surface area (Å²) in [5.41, 5.74) is 0.676. The van der Waals surface area contributed by atoms with Crippen molar-refractivity contribution < 1.29 is 13.2 Å². The number of nitrogens with one attached hydrogen (secondary N) is 1. The highest BCUT2D eigenvalue weighted by Gasteiger charge is 2.36. The number of fused-ring (bicyclic) bond motifs is 1. The third-order valence-corrected chi connectivity index (χ3v) is 7.22. The van der Waals surface area contributed by atoms with Crippen LogP contribution in [-0.2, 0) is 14.8 Å². The van der Waals surface area contributed by atoms with E-state index >= 15 is 0 Å². The van der Waals surface area contributed by atoms with Gasteiger partial charge >= 0.3 is 0 Å². The molecule has 0 spiro atoms. The molecule has 1 aromatic rings. The minimum absolute atomic E-state index is 0. The van der Waals surface area contributed by atoms with Gasteiger partial charge in [-0.1, -0.05) is 12.1 Å². The highest BCUT2D eigenvalue weighted by molar-refractivity contribution is 7.90. The van der Waals surface area contributed by atoms with E-state index in [1.807, 2.05) is 29.0 Å². The van der Waals surface area contributed by atoms with Crippen molar-refractivity contribution in [1.29, 1.82) is 0 Å². The Bertz CT molecular complexity index is 866. The summed E-state index contributed by atoms with van der Waals surface area (Å²) in [6.45, 7) is 2.94. The molecule has 0 aromatic heterocycles. The van der Waals surface area contributed by atoms with E-state index in [9.17, 15) is 13.2 Å². The van der Waals surface area contributed by atoms with Gasteiger partial charge in [0, 0.05) is 43.7 Å². The Kier molecular flexibility index (Phi) is 6.31. The molecule has 1 unspecified atom stereocenters. The molecule has 3 heterocycles. The first kappa shape index (κ1) is 21.1. The summed E-state index contributed by atoms with van der Waals surface area (Å²) >= 11 is 0. The monoisotopic (exact) mass is 426 g/mol. The van der Waals surface area contributed by atoms with Crippen molar-refractivity contribution in [3.63, 3.8) is 0 Å². The number of carbonyl (C=O) groups is 1. The first-order valence-corrected chi connectivity index (χ1v) is 11.1. The zero-order chi connectivity index (χ0) is 19.0. The van der Waals surface area contributed by atoms with Crippen molar-refractivity contribution in [1.82, 2.24) is 15.1 Å². The number of benzene rings is 1. The van der Waals surface area contributed by atoms with Crippen LogP contribution in [0.2, 0.25) is 0 Å². The summed E-state index contributed by atoms with van der Waals surface area (Å²) in [5, 5.41) is 3.28. The third kappa shape index (κ3) is 3.90. The minimum atomic E-state index is -3.60. The van der Waals surface area contributed by atoms with Crippen LogP contribution < -0.4 is 5.32 Å². The van der Waals surface area contributed by atoms with Crippen molar-refractivity contribution >= 4 is 34.2 Å². The number of amidine groups is 1. The minimum Gasteiger partial charge on any atom is -0.355 e. The van der Waals surface area contributed by atoms with Crippen LogP contribution in [0.25, 0.3) is 0 Å². The van der Waals surface area contributed by atoms with Crippen LogP contribution in [0.5, 0.6) is 0 Å². The van der Waals surface area contributed by atoms with Crippen LogP contribution in [0.1, 0.15) is 31.2 Å². The molecule has 9 heteroatoms. The van der Waals surface area contributed by atoms with Crippen molar-refractivity contribution in [2.45, 2.75) is 36.6 Å². The Hall–Kier alpha value is -1.64. The topological polar surface area (TPSA) is 82.1 Å². The number of sulfonamides is 1. The number of likely N-dealkylation sites (tertiary alicyclic amines) is 2. The summed E-state index contributed by atoms with van der Waals surface area (Å²) in [7, 11) is -1.65. The first-order valence-electron chi connectivity index (χ1n) is 9.65. The molecule has 1 amide bonds. The fraction of sp³-hybridized carbons (Fsp3) is 0.579. The summed E-state index contributed by atoms with van der Waals surface area (Å²) in [4.78, 5) is 17.2. The lowest BCUT2D eigenvalue weighted by molar-refractivity contribution is -0.138. The highest BCUT2D eigenvalue weighted by Crippen LogP contribution is 2.30. The molecule has 0 bridgehead atoms. The molecular formula is C19H27ClN4O3S. The van der Waals surface area contributed by atoms with E-state index in [1.165, 1.54) is 0 Å². The Balaban J connectivity index is 0.00000225. The Morgan fingerprint density at radius 2 is 1.86 bits per heavy atom. The number of hydrogen-bond donors (Lipinski definition) is 1. The number of likely N-dealkylation sites (N-methyl/N-ethyl adjacent to an activating group) is 1. The first-order chi connectivity index (χ1) is 13.0. The predicted molar refractivity (Wildman–Crippen MR) is 110 cm³/mol. The summed E-state index contributed by atoms with van der Waals surface area (Å²) in [5.74, 6) is 0.798. The molecule has 3 aliphatic heterocycles. The number of halogens is 1. The SMILES string of the molecule is CNC1CCCN(C(=O)C2CCN(C3=NS(=O)(=O)c4ccccc43)CC2)C1.Cl. The molecule has 0 aliphatic carbocycles. The van der Waals surface area contributed by atoms with Gasteiger partial charge in [0.15, 0.2) is 5.84 Å². The average Bonchev–Trinajstić information content (AvgIpc) is 2.99. The number of nitrogens with zero attached hydrogens (tertiary/aromatic N) is 3. The van der Waals surface area contributed by atoms with Gasteiger partial charge in [-0.3, -0.25) is 4.79 Å². The molecule has 154 valence electrons. The molecule has 2 saturated heterocycles. The van der Waals surface area contributed by atoms with Gasteiger partial charge in [0.25, 0.3) is 10.0 Å². The second-order valence-electron chi connectivity index (χ2n) is 7.56. The fourth-order valence-corrected chi connectivity index (χ4v) is 5.55. The lowest BCUT2D eigenvalue weighted by atomic mass is 9.93. The van der Waals surface area contributed by atoms with Crippen LogP contribution in [0.4, 0.5) is 0 Å². The largest absolute Gasteiger partial charge is 0.355 e. The zero-order valence-electron chi connectivity index (χ0n) is 16.0. The van der Waals surface area contributed by atoms with E-state index < -0.39 is 10.0 Å². The lowest BCUT2D eigenvalue weighted by Gasteiger charge is -2.38. The molecule has 1 aromatic carbocycles. The maximum Gasteiger partial charge on any atom is 0.285 e. The summed E-state index contributed by atoms with van der Waals surface area (Å²) < 4.78 is 28.5. The van der Waals surface area contributed by atoms with Crippen LogP contribution in [0, 0.1) is 5.92 Å². The molecule has 1 N–H and O–H groups in total. The molecular weight excluding hydrogens is 400 g/mol. The average molecular weight is 427 g/mol. The molecule has 1 atom stereocenters. The second kappa shape index (κ2) is 8.39. The zero-order valence-corrected chi connectivity index (χ0v) is 17.6. The fourth-order valence-electron chi connectivity index (χ4n) is 4.33.